The molecule has 0 aliphatic carbocycles. The van der Waals surface area contributed by atoms with Crippen LogP contribution in [0.3, 0.4) is 0 Å². The first-order valence-corrected chi connectivity index (χ1v) is 7.89. The molecule has 0 saturated heterocycles. The summed E-state index contributed by atoms with van der Waals surface area (Å²) in [6.07, 6.45) is 1.71. The maximum absolute atomic E-state index is 13.7. The van der Waals surface area contributed by atoms with E-state index < -0.39 is 29.6 Å². The van der Waals surface area contributed by atoms with Gasteiger partial charge in [0.15, 0.2) is 0 Å². The number of aryl methyl sites for hydroxylation is 1. The molecule has 132 valence electrons. The highest BCUT2D eigenvalue weighted by Crippen LogP contribution is 2.12. The number of esters is 1. The predicted molar refractivity (Wildman–Crippen MR) is 89.0 cm³/mol. The fourth-order valence-electron chi connectivity index (χ4n) is 2.46. The molecule has 2 aromatic rings. The molecule has 0 fully saturated rings. The number of hydrogen-bond acceptors (Lipinski definition) is 3. The average molecular weight is 347 g/mol. The first-order valence-electron chi connectivity index (χ1n) is 7.89. The standard InChI is InChI=1S/C19H19F2NO3/c1-25-19(24)17(9-5-8-13-6-3-2-4-7-13)22-18(23)15-11-10-14(20)12-16(15)21/h2-4,6-7,10-12,17H,5,8-9H2,1H3,(H,22,23)/t17-/m1/s1. The summed E-state index contributed by atoms with van der Waals surface area (Å²) in [6, 6.07) is 11.5. The van der Waals surface area contributed by atoms with Crippen LogP contribution in [0.4, 0.5) is 8.78 Å². The first kappa shape index (κ1) is 18.6. The molecule has 0 bridgehead atoms. The molecule has 0 spiro atoms. The van der Waals surface area contributed by atoms with Crippen molar-refractivity contribution in [3.63, 3.8) is 0 Å². The Morgan fingerprint density at radius 3 is 2.48 bits per heavy atom. The molecule has 0 aliphatic heterocycles. The van der Waals surface area contributed by atoms with E-state index in [0.29, 0.717) is 18.9 Å². The minimum atomic E-state index is -0.981. The highest BCUT2D eigenvalue weighted by molar-refractivity contribution is 5.97. The van der Waals surface area contributed by atoms with Crippen molar-refractivity contribution in [2.24, 2.45) is 0 Å². The molecule has 0 unspecified atom stereocenters. The van der Waals surface area contributed by atoms with Crippen molar-refractivity contribution in [1.82, 2.24) is 5.32 Å². The topological polar surface area (TPSA) is 55.4 Å². The van der Waals surface area contributed by atoms with Gasteiger partial charge in [0.2, 0.25) is 0 Å². The van der Waals surface area contributed by atoms with Crippen LogP contribution < -0.4 is 5.32 Å². The van der Waals surface area contributed by atoms with Crippen molar-refractivity contribution in [2.75, 3.05) is 7.11 Å². The zero-order valence-corrected chi connectivity index (χ0v) is 13.8. The van der Waals surface area contributed by atoms with Gasteiger partial charge in [0.05, 0.1) is 12.7 Å². The Morgan fingerprint density at radius 2 is 1.84 bits per heavy atom. The summed E-state index contributed by atoms with van der Waals surface area (Å²) in [5.41, 5.74) is 0.792. The monoisotopic (exact) mass is 347 g/mol. The molecule has 0 aliphatic rings. The van der Waals surface area contributed by atoms with Crippen LogP contribution in [0.5, 0.6) is 0 Å². The third-order valence-corrected chi connectivity index (χ3v) is 3.77. The Hall–Kier alpha value is -2.76. The van der Waals surface area contributed by atoms with E-state index in [1.807, 2.05) is 30.3 Å². The van der Waals surface area contributed by atoms with Gasteiger partial charge in [0.1, 0.15) is 17.7 Å². The molecule has 0 saturated carbocycles. The van der Waals surface area contributed by atoms with Crippen molar-refractivity contribution in [3.8, 4) is 0 Å². The van der Waals surface area contributed by atoms with E-state index >= 15 is 0 Å². The van der Waals surface area contributed by atoms with E-state index in [2.05, 4.69) is 5.32 Å². The molecule has 6 heteroatoms. The van der Waals surface area contributed by atoms with Gasteiger partial charge in [-0.15, -0.1) is 0 Å². The van der Waals surface area contributed by atoms with Crippen LogP contribution in [0.15, 0.2) is 48.5 Å². The van der Waals surface area contributed by atoms with Crippen LogP contribution in [-0.4, -0.2) is 25.0 Å². The normalized spacial score (nSPS) is 11.6. The quantitative estimate of drug-likeness (QED) is 0.782. The van der Waals surface area contributed by atoms with Crippen LogP contribution in [0, 0.1) is 11.6 Å². The number of carbonyl (C=O) groups is 2. The second kappa shape index (κ2) is 8.92. The van der Waals surface area contributed by atoms with Gasteiger partial charge < -0.3 is 10.1 Å². The van der Waals surface area contributed by atoms with Gasteiger partial charge in [-0.25, -0.2) is 13.6 Å². The molecule has 0 heterocycles. The van der Waals surface area contributed by atoms with Gasteiger partial charge in [-0.3, -0.25) is 4.79 Å². The van der Waals surface area contributed by atoms with Gasteiger partial charge in [0, 0.05) is 6.07 Å². The highest BCUT2D eigenvalue weighted by atomic mass is 19.1. The largest absolute Gasteiger partial charge is 0.467 e. The number of ether oxygens (including phenoxy) is 1. The number of hydrogen-bond donors (Lipinski definition) is 1. The third-order valence-electron chi connectivity index (χ3n) is 3.77. The average Bonchev–Trinajstić information content (AvgIpc) is 2.61. The third kappa shape index (κ3) is 5.38. The van der Waals surface area contributed by atoms with Crippen LogP contribution in [0.2, 0.25) is 0 Å². The molecular weight excluding hydrogens is 328 g/mol. The second-order valence-corrected chi connectivity index (χ2v) is 5.55. The summed E-state index contributed by atoms with van der Waals surface area (Å²) >= 11 is 0. The maximum atomic E-state index is 13.7. The van der Waals surface area contributed by atoms with E-state index in [9.17, 15) is 18.4 Å². The summed E-state index contributed by atoms with van der Waals surface area (Å²) in [5.74, 6) is -3.15. The lowest BCUT2D eigenvalue weighted by Crippen LogP contribution is -2.41. The summed E-state index contributed by atoms with van der Waals surface area (Å²) in [7, 11) is 1.22. The molecule has 1 N–H and O–H groups in total. The van der Waals surface area contributed by atoms with Crippen molar-refractivity contribution in [3.05, 3.63) is 71.3 Å². The van der Waals surface area contributed by atoms with Gasteiger partial charge in [0.25, 0.3) is 5.91 Å². The van der Waals surface area contributed by atoms with E-state index in [1.165, 1.54) is 7.11 Å². The lowest BCUT2D eigenvalue weighted by molar-refractivity contribution is -0.143. The molecule has 4 nitrogen and oxygen atoms in total. The van der Waals surface area contributed by atoms with Crippen molar-refractivity contribution < 1.29 is 23.1 Å². The minimum Gasteiger partial charge on any atom is -0.467 e. The Kier molecular flexibility index (Phi) is 6.62. The summed E-state index contributed by atoms with van der Waals surface area (Å²) in [5, 5.41) is 2.45. The SMILES string of the molecule is COC(=O)[C@@H](CCCc1ccccc1)NC(=O)c1ccc(F)cc1F. The first-order chi connectivity index (χ1) is 12.0. The Balaban J connectivity index is 1.99. The fraction of sp³-hybridized carbons (Fsp3) is 0.263. The zero-order valence-electron chi connectivity index (χ0n) is 13.8. The number of halogens is 2. The number of methoxy groups -OCH3 is 1. The van der Waals surface area contributed by atoms with Gasteiger partial charge in [-0.2, -0.15) is 0 Å². The molecule has 25 heavy (non-hydrogen) atoms. The predicted octanol–water partition coefficient (Wildman–Crippen LogP) is 3.26. The minimum absolute atomic E-state index is 0.321. The van der Waals surface area contributed by atoms with E-state index in [0.717, 1.165) is 24.1 Å². The van der Waals surface area contributed by atoms with Gasteiger partial charge in [-0.05, 0) is 37.0 Å². The maximum Gasteiger partial charge on any atom is 0.328 e. The summed E-state index contributed by atoms with van der Waals surface area (Å²) < 4.78 is 31.3. The lowest BCUT2D eigenvalue weighted by Gasteiger charge is -2.16. The number of nitrogens with one attached hydrogen (secondary N) is 1. The van der Waals surface area contributed by atoms with Crippen LogP contribution >= 0.6 is 0 Å². The fourth-order valence-corrected chi connectivity index (χ4v) is 2.46. The molecule has 1 amide bonds. The second-order valence-electron chi connectivity index (χ2n) is 5.55. The Labute approximate surface area is 144 Å². The number of carbonyl (C=O) groups excluding carboxylic acids is 2. The highest BCUT2D eigenvalue weighted by Gasteiger charge is 2.23. The zero-order chi connectivity index (χ0) is 18.2. The van der Waals surface area contributed by atoms with Crippen molar-refractivity contribution in [1.29, 1.82) is 0 Å². The van der Waals surface area contributed by atoms with Gasteiger partial charge >= 0.3 is 5.97 Å². The van der Waals surface area contributed by atoms with Crippen molar-refractivity contribution in [2.45, 2.75) is 25.3 Å². The number of rotatable bonds is 7. The van der Waals surface area contributed by atoms with Crippen LogP contribution in [0.25, 0.3) is 0 Å². The molecule has 1 atom stereocenters. The Bertz CT molecular complexity index is 735. The molecule has 0 aromatic heterocycles. The van der Waals surface area contributed by atoms with E-state index in [1.54, 1.807) is 0 Å². The molecular formula is C19H19F2NO3. The summed E-state index contributed by atoms with van der Waals surface area (Å²) in [6.45, 7) is 0. The van der Waals surface area contributed by atoms with Gasteiger partial charge in [-0.1, -0.05) is 30.3 Å². The molecule has 0 radical (unpaired) electrons. The Morgan fingerprint density at radius 1 is 1.12 bits per heavy atom. The van der Waals surface area contributed by atoms with E-state index in [-0.39, 0.29) is 5.56 Å². The van der Waals surface area contributed by atoms with Crippen molar-refractivity contribution >= 4 is 11.9 Å². The van der Waals surface area contributed by atoms with E-state index in [4.69, 9.17) is 4.74 Å². The van der Waals surface area contributed by atoms with Crippen LogP contribution in [-0.2, 0) is 16.0 Å². The van der Waals surface area contributed by atoms with Crippen LogP contribution in [0.1, 0.15) is 28.8 Å². The molecule has 2 rings (SSSR count). The number of benzene rings is 2. The number of amides is 1. The summed E-state index contributed by atoms with van der Waals surface area (Å²) in [4.78, 5) is 24.0. The molecule has 2 aromatic carbocycles. The lowest BCUT2D eigenvalue weighted by atomic mass is 10.0. The smallest absolute Gasteiger partial charge is 0.328 e.